The van der Waals surface area contributed by atoms with E-state index < -0.39 is 0 Å². The number of aliphatic hydroxyl groups excluding tert-OH is 1. The van der Waals surface area contributed by atoms with Crippen LogP contribution < -0.4 is 0 Å². The van der Waals surface area contributed by atoms with Gasteiger partial charge in [-0.05, 0) is 19.1 Å². The van der Waals surface area contributed by atoms with Crippen LogP contribution in [0.3, 0.4) is 0 Å². The molecular weight excluding hydrogens is 168 g/mol. The lowest BCUT2D eigenvalue weighted by atomic mass is 10.1. The van der Waals surface area contributed by atoms with Crippen molar-refractivity contribution in [3.8, 4) is 0 Å². The van der Waals surface area contributed by atoms with Crippen molar-refractivity contribution in [2.45, 2.75) is 57.8 Å². The van der Waals surface area contributed by atoms with E-state index in [4.69, 9.17) is 5.11 Å². The summed E-state index contributed by atoms with van der Waals surface area (Å²) in [6.45, 7) is 4.07. The Balaban J connectivity index is 2.82. The van der Waals surface area contributed by atoms with E-state index in [1.165, 1.54) is 38.5 Å². The molecule has 0 bridgehead atoms. The molecule has 1 N–H and O–H groups in total. The first-order valence-electron chi connectivity index (χ1n) is 5.07. The summed E-state index contributed by atoms with van der Waals surface area (Å²) < 4.78 is 0. The first-order chi connectivity index (χ1) is 5.77. The average Bonchev–Trinajstić information content (AvgIpc) is 2.02. The molecule has 0 aromatic carbocycles. The molecule has 12 heavy (non-hydrogen) atoms. The minimum Gasteiger partial charge on any atom is -0.383 e. The van der Waals surface area contributed by atoms with E-state index in [0.717, 1.165) is 5.75 Å². The first-order valence-corrected chi connectivity index (χ1v) is 6.12. The summed E-state index contributed by atoms with van der Waals surface area (Å²) in [5, 5.41) is 8.96. The van der Waals surface area contributed by atoms with Gasteiger partial charge in [-0.15, -0.1) is 11.8 Å². The maximum atomic E-state index is 8.96. The van der Waals surface area contributed by atoms with Crippen LogP contribution in [0.5, 0.6) is 0 Å². The Kier molecular flexibility index (Phi) is 9.64. The Bertz CT molecular complexity index is 83.9. The predicted octanol–water partition coefficient (Wildman–Crippen LogP) is 3.42. The Labute approximate surface area is 80.9 Å². The van der Waals surface area contributed by atoms with E-state index in [-0.39, 0.29) is 5.44 Å². The van der Waals surface area contributed by atoms with Crippen molar-refractivity contribution in [2.24, 2.45) is 0 Å². The molecule has 0 aliphatic heterocycles. The summed E-state index contributed by atoms with van der Waals surface area (Å²) in [5.41, 5.74) is -0.180. The lowest BCUT2D eigenvalue weighted by molar-refractivity contribution is 0.284. The normalized spacial score (nSPS) is 13.2. The van der Waals surface area contributed by atoms with Gasteiger partial charge in [0.15, 0.2) is 0 Å². The third-order valence-electron chi connectivity index (χ3n) is 1.86. The molecule has 0 fully saturated rings. The number of hydrogen-bond donors (Lipinski definition) is 1. The Morgan fingerprint density at radius 2 is 1.67 bits per heavy atom. The summed E-state index contributed by atoms with van der Waals surface area (Å²) in [4.78, 5) is 0. The number of thioether (sulfide) groups is 1. The van der Waals surface area contributed by atoms with Crippen LogP contribution in [0.15, 0.2) is 0 Å². The van der Waals surface area contributed by atoms with Crippen LogP contribution >= 0.6 is 11.8 Å². The van der Waals surface area contributed by atoms with E-state index >= 15 is 0 Å². The van der Waals surface area contributed by atoms with Gasteiger partial charge in [0, 0.05) is 0 Å². The van der Waals surface area contributed by atoms with Gasteiger partial charge in [-0.1, -0.05) is 39.0 Å². The van der Waals surface area contributed by atoms with Crippen LogP contribution in [0.4, 0.5) is 0 Å². The molecule has 1 unspecified atom stereocenters. The third kappa shape index (κ3) is 10.3. The highest BCUT2D eigenvalue weighted by molar-refractivity contribution is 7.99. The zero-order chi connectivity index (χ0) is 9.23. The third-order valence-corrected chi connectivity index (χ3v) is 2.86. The summed E-state index contributed by atoms with van der Waals surface area (Å²) in [5.74, 6) is 1.11. The lowest BCUT2D eigenvalue weighted by Gasteiger charge is -2.03. The van der Waals surface area contributed by atoms with Crippen molar-refractivity contribution in [2.75, 3.05) is 5.75 Å². The van der Waals surface area contributed by atoms with Gasteiger partial charge in [-0.3, -0.25) is 0 Å². The summed E-state index contributed by atoms with van der Waals surface area (Å²) in [7, 11) is 0. The Morgan fingerprint density at radius 1 is 1.08 bits per heavy atom. The fraction of sp³-hybridized carbons (Fsp3) is 1.00. The highest BCUT2D eigenvalue weighted by Crippen LogP contribution is 2.12. The molecule has 0 heterocycles. The average molecular weight is 190 g/mol. The monoisotopic (exact) mass is 190 g/mol. The van der Waals surface area contributed by atoms with Crippen LogP contribution in [0.25, 0.3) is 0 Å². The van der Waals surface area contributed by atoms with Gasteiger partial charge in [-0.2, -0.15) is 0 Å². The van der Waals surface area contributed by atoms with Crippen molar-refractivity contribution >= 4 is 11.8 Å². The maximum Gasteiger partial charge on any atom is 0.0964 e. The fourth-order valence-corrected chi connectivity index (χ4v) is 1.85. The van der Waals surface area contributed by atoms with Crippen molar-refractivity contribution < 1.29 is 5.11 Å². The van der Waals surface area contributed by atoms with Crippen LogP contribution in [0.2, 0.25) is 0 Å². The molecule has 0 aliphatic carbocycles. The topological polar surface area (TPSA) is 20.2 Å². The van der Waals surface area contributed by atoms with E-state index in [9.17, 15) is 0 Å². The maximum absolute atomic E-state index is 8.96. The Morgan fingerprint density at radius 3 is 2.25 bits per heavy atom. The molecule has 2 heteroatoms. The number of aliphatic hydroxyl groups is 1. The van der Waals surface area contributed by atoms with Gasteiger partial charge >= 0.3 is 0 Å². The van der Waals surface area contributed by atoms with Crippen LogP contribution in [-0.2, 0) is 0 Å². The van der Waals surface area contributed by atoms with Crippen LogP contribution in [-0.4, -0.2) is 16.3 Å². The molecule has 0 radical (unpaired) electrons. The molecule has 74 valence electrons. The highest BCUT2D eigenvalue weighted by atomic mass is 32.2. The Hall–Kier alpha value is 0.310. The number of rotatable bonds is 8. The van der Waals surface area contributed by atoms with Gasteiger partial charge in [0.25, 0.3) is 0 Å². The smallest absolute Gasteiger partial charge is 0.0964 e. The van der Waals surface area contributed by atoms with Crippen LogP contribution in [0, 0.1) is 0 Å². The molecule has 0 rings (SSSR count). The number of hydrogen-bond acceptors (Lipinski definition) is 2. The van der Waals surface area contributed by atoms with Crippen molar-refractivity contribution in [3.05, 3.63) is 0 Å². The van der Waals surface area contributed by atoms with E-state index in [1.54, 1.807) is 11.8 Å². The van der Waals surface area contributed by atoms with Gasteiger partial charge in [0.05, 0.1) is 5.44 Å². The van der Waals surface area contributed by atoms with E-state index in [1.807, 2.05) is 6.92 Å². The molecule has 0 saturated carbocycles. The molecule has 0 saturated heterocycles. The first kappa shape index (κ1) is 12.3. The second-order valence-corrected chi connectivity index (χ2v) is 4.66. The summed E-state index contributed by atoms with van der Waals surface area (Å²) in [6.07, 6.45) is 8.05. The zero-order valence-corrected chi connectivity index (χ0v) is 9.20. The molecular formula is C10H22OS. The quantitative estimate of drug-likeness (QED) is 0.467. The molecule has 0 spiro atoms. The van der Waals surface area contributed by atoms with Gasteiger partial charge in [0.1, 0.15) is 0 Å². The van der Waals surface area contributed by atoms with Crippen molar-refractivity contribution in [1.82, 2.24) is 0 Å². The second kappa shape index (κ2) is 9.40. The van der Waals surface area contributed by atoms with E-state index in [2.05, 4.69) is 6.92 Å². The second-order valence-electron chi connectivity index (χ2n) is 3.24. The molecule has 0 aliphatic rings. The summed E-state index contributed by atoms with van der Waals surface area (Å²) >= 11 is 1.65. The lowest BCUT2D eigenvalue weighted by Crippen LogP contribution is -1.93. The largest absolute Gasteiger partial charge is 0.383 e. The van der Waals surface area contributed by atoms with Gasteiger partial charge < -0.3 is 5.11 Å². The van der Waals surface area contributed by atoms with Crippen LogP contribution in [0.1, 0.15) is 52.4 Å². The van der Waals surface area contributed by atoms with Crippen molar-refractivity contribution in [3.63, 3.8) is 0 Å². The van der Waals surface area contributed by atoms with Crippen molar-refractivity contribution in [1.29, 1.82) is 0 Å². The predicted molar refractivity (Wildman–Crippen MR) is 57.5 cm³/mol. The zero-order valence-electron chi connectivity index (χ0n) is 8.38. The minimum absolute atomic E-state index is 0.180. The molecule has 0 aromatic heterocycles. The highest BCUT2D eigenvalue weighted by Gasteiger charge is 1.95. The summed E-state index contributed by atoms with van der Waals surface area (Å²) in [6, 6.07) is 0. The van der Waals surface area contributed by atoms with E-state index in [0.29, 0.717) is 0 Å². The standard InChI is InChI=1S/C10H22OS/c1-3-4-5-6-7-8-9-12-10(2)11/h10-11H,3-9H2,1-2H3. The fourth-order valence-electron chi connectivity index (χ4n) is 1.14. The van der Waals surface area contributed by atoms with Gasteiger partial charge in [-0.25, -0.2) is 0 Å². The minimum atomic E-state index is -0.180. The van der Waals surface area contributed by atoms with Gasteiger partial charge in [0.2, 0.25) is 0 Å². The SMILES string of the molecule is CCCCCCCCSC(C)O. The molecule has 1 nitrogen and oxygen atoms in total. The molecule has 1 atom stereocenters. The molecule has 0 aromatic rings. The number of unbranched alkanes of at least 4 members (excludes halogenated alkanes) is 5. The molecule has 0 amide bonds.